The van der Waals surface area contributed by atoms with Gasteiger partial charge < -0.3 is 14.2 Å². The lowest BCUT2D eigenvalue weighted by atomic mass is 9.79. The molecule has 4 aromatic rings. The first-order chi connectivity index (χ1) is 17.1. The third kappa shape index (κ3) is 4.71. The van der Waals surface area contributed by atoms with E-state index in [1.807, 2.05) is 84.5 Å². The normalized spacial score (nSPS) is 16.4. The molecule has 2 aromatic heterocycles. The number of hydrogen-bond acceptors (Lipinski definition) is 7. The van der Waals surface area contributed by atoms with Gasteiger partial charge in [0.05, 0.1) is 29.4 Å². The van der Waals surface area contributed by atoms with E-state index in [9.17, 15) is 0 Å². The van der Waals surface area contributed by atoms with Crippen LogP contribution < -0.4 is 15.4 Å². The van der Waals surface area contributed by atoms with Crippen molar-refractivity contribution < 1.29 is 18.6 Å². The smallest absolute Gasteiger partial charge is 0.399 e. The number of rotatable bonds is 7. The van der Waals surface area contributed by atoms with Gasteiger partial charge in [-0.15, -0.1) is 4.73 Å². The van der Waals surface area contributed by atoms with Gasteiger partial charge in [-0.3, -0.25) is 0 Å². The molecule has 0 radical (unpaired) electrons. The van der Waals surface area contributed by atoms with Gasteiger partial charge in [0, 0.05) is 47.3 Å². The summed E-state index contributed by atoms with van der Waals surface area (Å²) < 4.78 is 19.7. The van der Waals surface area contributed by atoms with Crippen molar-refractivity contribution in [2.24, 2.45) is 0 Å². The number of pyridine rings is 1. The lowest BCUT2D eigenvalue weighted by Gasteiger charge is -2.32. The maximum absolute atomic E-state index is 6.36. The molecule has 2 aromatic carbocycles. The van der Waals surface area contributed by atoms with Crippen LogP contribution in [-0.2, 0) is 13.6 Å². The number of nitrogens with zero attached hydrogens (tertiary/aromatic N) is 3. The van der Waals surface area contributed by atoms with Gasteiger partial charge in [0.1, 0.15) is 0 Å². The molecular weight excluding hydrogens is 473 g/mol. The lowest BCUT2D eigenvalue weighted by molar-refractivity contribution is -0.188. The zero-order valence-electron chi connectivity index (χ0n) is 21.4. The summed E-state index contributed by atoms with van der Waals surface area (Å²) in [6.07, 6.45) is 3.66. The molecule has 0 spiro atoms. The van der Waals surface area contributed by atoms with E-state index in [-0.39, 0.29) is 0 Å². The number of fused-ring (bicyclic) bond motifs is 1. The quantitative estimate of drug-likeness (QED) is 0.150. The lowest BCUT2D eigenvalue weighted by Crippen LogP contribution is -2.41. The van der Waals surface area contributed by atoms with Crippen molar-refractivity contribution in [2.75, 3.05) is 19.0 Å². The molecule has 0 amide bonds. The van der Waals surface area contributed by atoms with E-state index >= 15 is 0 Å². The highest BCUT2D eigenvalue weighted by molar-refractivity contribution is 7.94. The molecule has 0 unspecified atom stereocenters. The highest BCUT2D eigenvalue weighted by atomic mass is 32.2. The molecular formula is C27H30BN3O4S. The molecule has 36 heavy (non-hydrogen) atoms. The Morgan fingerprint density at radius 1 is 0.917 bits per heavy atom. The molecule has 5 rings (SSSR count). The summed E-state index contributed by atoms with van der Waals surface area (Å²) in [6.45, 7) is 8.16. The van der Waals surface area contributed by atoms with Crippen molar-refractivity contribution >= 4 is 41.3 Å². The monoisotopic (exact) mass is 503 g/mol. The van der Waals surface area contributed by atoms with Crippen molar-refractivity contribution in [3.05, 3.63) is 73.1 Å². The molecule has 1 aliphatic rings. The van der Waals surface area contributed by atoms with E-state index < -0.39 is 18.3 Å². The fourth-order valence-electron chi connectivity index (χ4n) is 3.99. The Labute approximate surface area is 216 Å². The summed E-state index contributed by atoms with van der Waals surface area (Å²) >= 11 is 1.13. The van der Waals surface area contributed by atoms with Gasteiger partial charge >= 0.3 is 7.12 Å². The first-order valence-electron chi connectivity index (χ1n) is 11.9. The Bertz CT molecular complexity index is 1340. The third-order valence-electron chi connectivity index (χ3n) is 6.85. The van der Waals surface area contributed by atoms with E-state index in [0.29, 0.717) is 5.65 Å². The van der Waals surface area contributed by atoms with Gasteiger partial charge in [0.2, 0.25) is 0 Å². The molecule has 186 valence electrons. The minimum Gasteiger partial charge on any atom is -0.399 e. The van der Waals surface area contributed by atoms with Crippen molar-refractivity contribution in [3.8, 4) is 11.1 Å². The Morgan fingerprint density at radius 2 is 1.58 bits per heavy atom. The van der Waals surface area contributed by atoms with Gasteiger partial charge in [0.25, 0.3) is 0 Å². The second kappa shape index (κ2) is 9.48. The van der Waals surface area contributed by atoms with Crippen LogP contribution in [0.15, 0.2) is 78.0 Å². The molecule has 0 bridgehead atoms. The highest BCUT2D eigenvalue weighted by Crippen LogP contribution is 2.37. The van der Waals surface area contributed by atoms with Crippen LogP contribution in [0.25, 0.3) is 22.2 Å². The topological polar surface area (TPSA) is 58.0 Å². The predicted molar refractivity (Wildman–Crippen MR) is 145 cm³/mol. The highest BCUT2D eigenvalue weighted by Gasteiger charge is 2.52. The minimum atomic E-state index is -0.572. The summed E-state index contributed by atoms with van der Waals surface area (Å²) in [6, 6.07) is 20.2. The zero-order chi connectivity index (χ0) is 25.5. The Morgan fingerprint density at radius 3 is 2.22 bits per heavy atom. The van der Waals surface area contributed by atoms with Crippen molar-refractivity contribution in [1.29, 1.82) is 0 Å². The van der Waals surface area contributed by atoms with Crippen LogP contribution in [0.2, 0.25) is 0 Å². The number of anilines is 1. The first-order valence-corrected chi connectivity index (χ1v) is 12.6. The van der Waals surface area contributed by atoms with Gasteiger partial charge in [-0.2, -0.15) is 0 Å². The molecule has 0 N–H and O–H groups in total. The fourth-order valence-corrected chi connectivity index (χ4v) is 4.43. The van der Waals surface area contributed by atoms with Crippen molar-refractivity contribution in [2.45, 2.75) is 43.8 Å². The van der Waals surface area contributed by atoms with Crippen LogP contribution in [0.4, 0.5) is 5.69 Å². The molecule has 1 fully saturated rings. The average molecular weight is 503 g/mol. The Kier molecular flexibility index (Phi) is 6.51. The first kappa shape index (κ1) is 24.7. The SMILES string of the molecule is CN(C)c1ccc(-c2cnc3c(c2)c(B2OC(C)(C)C(C)(C)O2)cn3OOSc2ccccc2)cc1. The number of hydrogen-bond donors (Lipinski definition) is 0. The van der Waals surface area contributed by atoms with Crippen LogP contribution in [-0.4, -0.2) is 42.1 Å². The fraction of sp³-hybridized carbons (Fsp3) is 0.296. The average Bonchev–Trinajstić information content (AvgIpc) is 3.32. The van der Waals surface area contributed by atoms with E-state index in [4.69, 9.17) is 23.6 Å². The second-order valence-electron chi connectivity index (χ2n) is 10.1. The number of aromatic nitrogens is 2. The summed E-state index contributed by atoms with van der Waals surface area (Å²) in [7, 11) is 3.48. The maximum Gasteiger partial charge on any atom is 0.497 e. The van der Waals surface area contributed by atoms with E-state index in [2.05, 4.69) is 35.2 Å². The van der Waals surface area contributed by atoms with Crippen LogP contribution in [0.1, 0.15) is 27.7 Å². The molecule has 0 aliphatic carbocycles. The molecule has 0 saturated carbocycles. The molecule has 3 heterocycles. The van der Waals surface area contributed by atoms with Gasteiger partial charge in [-0.05, 0) is 63.6 Å². The van der Waals surface area contributed by atoms with Crippen LogP contribution in [0, 0.1) is 0 Å². The number of benzene rings is 2. The summed E-state index contributed by atoms with van der Waals surface area (Å²) in [5.74, 6) is 0. The van der Waals surface area contributed by atoms with Gasteiger partial charge in [0.15, 0.2) is 5.65 Å². The zero-order valence-corrected chi connectivity index (χ0v) is 22.2. The van der Waals surface area contributed by atoms with Crippen LogP contribution >= 0.6 is 12.0 Å². The Balaban J connectivity index is 1.50. The van der Waals surface area contributed by atoms with Gasteiger partial charge in [-0.1, -0.05) is 34.7 Å². The summed E-state index contributed by atoms with van der Waals surface area (Å²) in [4.78, 5) is 13.4. The van der Waals surface area contributed by atoms with Crippen molar-refractivity contribution in [1.82, 2.24) is 9.71 Å². The summed E-state index contributed by atoms with van der Waals surface area (Å²) in [5, 5.41) is 0.871. The third-order valence-corrected chi connectivity index (χ3v) is 7.44. The largest absolute Gasteiger partial charge is 0.497 e. The summed E-state index contributed by atoms with van der Waals surface area (Å²) in [5.41, 5.74) is 3.69. The van der Waals surface area contributed by atoms with E-state index in [1.165, 1.54) is 4.73 Å². The van der Waals surface area contributed by atoms with Crippen molar-refractivity contribution in [3.63, 3.8) is 0 Å². The predicted octanol–water partition coefficient (Wildman–Crippen LogP) is 5.14. The Hall–Kier alpha value is -2.98. The van der Waals surface area contributed by atoms with E-state index in [0.717, 1.165) is 44.6 Å². The maximum atomic E-state index is 6.36. The minimum absolute atomic E-state index is 0.473. The van der Waals surface area contributed by atoms with Gasteiger partial charge in [-0.25, -0.2) is 9.97 Å². The molecule has 0 atom stereocenters. The molecule has 7 nitrogen and oxygen atoms in total. The molecule has 1 saturated heterocycles. The van der Waals surface area contributed by atoms with Crippen LogP contribution in [0.3, 0.4) is 0 Å². The van der Waals surface area contributed by atoms with E-state index in [1.54, 1.807) is 0 Å². The second-order valence-corrected chi connectivity index (χ2v) is 10.8. The molecule has 1 aliphatic heterocycles. The standard InChI is InChI=1S/C27H30BN3O4S/c1-26(2)27(3,4)33-28(32-26)24-18-31(34-35-36-22-10-8-7-9-11-22)25-23(24)16-20(17-29-25)19-12-14-21(15-13-19)30(5)6/h7-18H,1-6H3. The van der Waals surface area contributed by atoms with Crippen LogP contribution in [0.5, 0.6) is 0 Å². The molecule has 9 heteroatoms.